The molecular formula is C21H33N3O2. The summed E-state index contributed by atoms with van der Waals surface area (Å²) < 4.78 is 5.61. The Kier molecular flexibility index (Phi) is 7.32. The van der Waals surface area contributed by atoms with Gasteiger partial charge in [-0.2, -0.15) is 0 Å². The summed E-state index contributed by atoms with van der Waals surface area (Å²) in [4.78, 5) is 16.8. The maximum absolute atomic E-state index is 12.3. The van der Waals surface area contributed by atoms with Crippen molar-refractivity contribution in [2.24, 2.45) is 5.92 Å². The van der Waals surface area contributed by atoms with E-state index in [1.807, 2.05) is 11.8 Å². The minimum atomic E-state index is 0.0730. The number of hydrogen-bond acceptors (Lipinski definition) is 3. The van der Waals surface area contributed by atoms with Gasteiger partial charge in [-0.3, -0.25) is 4.90 Å². The fourth-order valence-corrected chi connectivity index (χ4v) is 3.95. The molecule has 2 fully saturated rings. The van der Waals surface area contributed by atoms with Crippen LogP contribution in [0.4, 0.5) is 4.79 Å². The van der Waals surface area contributed by atoms with Crippen molar-refractivity contribution in [2.45, 2.75) is 45.3 Å². The first kappa shape index (κ1) is 19.2. The summed E-state index contributed by atoms with van der Waals surface area (Å²) in [6.45, 7) is 8.45. The van der Waals surface area contributed by atoms with Crippen molar-refractivity contribution < 1.29 is 9.53 Å². The normalized spacial score (nSPS) is 22.8. The highest BCUT2D eigenvalue weighted by atomic mass is 16.5. The Hall–Kier alpha value is -1.59. The molecule has 0 spiro atoms. The number of nitrogens with zero attached hydrogens (tertiary/aromatic N) is 2. The zero-order valence-corrected chi connectivity index (χ0v) is 16.0. The van der Waals surface area contributed by atoms with Crippen molar-refractivity contribution in [1.82, 2.24) is 15.1 Å². The van der Waals surface area contributed by atoms with Crippen LogP contribution >= 0.6 is 0 Å². The van der Waals surface area contributed by atoms with E-state index in [0.717, 1.165) is 58.1 Å². The summed E-state index contributed by atoms with van der Waals surface area (Å²) in [5, 5.41) is 3.12. The molecular weight excluding hydrogens is 326 g/mol. The van der Waals surface area contributed by atoms with Crippen LogP contribution in [0.1, 0.15) is 38.2 Å². The number of piperidine rings is 1. The second-order valence-electron chi connectivity index (χ2n) is 7.71. The largest absolute Gasteiger partial charge is 0.377 e. The Morgan fingerprint density at radius 1 is 1.19 bits per heavy atom. The highest BCUT2D eigenvalue weighted by Gasteiger charge is 2.21. The number of amides is 2. The molecule has 2 heterocycles. The fourth-order valence-electron chi connectivity index (χ4n) is 3.95. The lowest BCUT2D eigenvalue weighted by Gasteiger charge is -2.32. The van der Waals surface area contributed by atoms with Crippen LogP contribution in [-0.2, 0) is 11.3 Å². The number of hydrogen-bond donors (Lipinski definition) is 1. The monoisotopic (exact) mass is 359 g/mol. The van der Waals surface area contributed by atoms with Gasteiger partial charge in [-0.25, -0.2) is 4.79 Å². The van der Waals surface area contributed by atoms with E-state index in [1.165, 1.54) is 18.4 Å². The van der Waals surface area contributed by atoms with Crippen LogP contribution in [0, 0.1) is 5.92 Å². The van der Waals surface area contributed by atoms with Crippen LogP contribution in [0.25, 0.3) is 0 Å². The Labute approximate surface area is 157 Å². The van der Waals surface area contributed by atoms with E-state index in [-0.39, 0.29) is 12.1 Å². The molecule has 2 saturated heterocycles. The van der Waals surface area contributed by atoms with Crippen LogP contribution < -0.4 is 5.32 Å². The standard InChI is InChI=1S/C21H33N3O2/c1-18-16-24(12-5-15-26-18)21(25)22-11-8-19-9-13-23(14-10-19)17-20-6-3-2-4-7-20/h2-4,6-7,18-19H,5,8-17H2,1H3,(H,22,25). The zero-order valence-electron chi connectivity index (χ0n) is 16.0. The van der Waals surface area contributed by atoms with Crippen molar-refractivity contribution in [2.75, 3.05) is 39.3 Å². The van der Waals surface area contributed by atoms with E-state index in [0.29, 0.717) is 6.54 Å². The maximum atomic E-state index is 12.3. The van der Waals surface area contributed by atoms with Crippen molar-refractivity contribution in [3.8, 4) is 0 Å². The number of ether oxygens (including phenoxy) is 1. The molecule has 5 heteroatoms. The third kappa shape index (κ3) is 5.99. The van der Waals surface area contributed by atoms with E-state index in [1.54, 1.807) is 0 Å². The number of nitrogens with one attached hydrogen (secondary N) is 1. The second kappa shape index (κ2) is 9.93. The van der Waals surface area contributed by atoms with Crippen LogP contribution in [0.5, 0.6) is 0 Å². The topological polar surface area (TPSA) is 44.8 Å². The number of carbonyl (C=O) groups excluding carboxylic acids is 1. The van der Waals surface area contributed by atoms with Gasteiger partial charge in [0.05, 0.1) is 6.10 Å². The summed E-state index contributed by atoms with van der Waals surface area (Å²) in [5.41, 5.74) is 1.40. The second-order valence-corrected chi connectivity index (χ2v) is 7.71. The molecule has 0 saturated carbocycles. The number of rotatable bonds is 5. The average molecular weight is 360 g/mol. The quantitative estimate of drug-likeness (QED) is 0.879. The van der Waals surface area contributed by atoms with Gasteiger partial charge in [0.2, 0.25) is 0 Å². The molecule has 2 aliphatic rings. The zero-order chi connectivity index (χ0) is 18.2. The van der Waals surface area contributed by atoms with Crippen LogP contribution in [0.15, 0.2) is 30.3 Å². The van der Waals surface area contributed by atoms with Gasteiger partial charge in [-0.1, -0.05) is 30.3 Å². The minimum absolute atomic E-state index is 0.0730. The van der Waals surface area contributed by atoms with Gasteiger partial charge in [-0.15, -0.1) is 0 Å². The van der Waals surface area contributed by atoms with Gasteiger partial charge in [-0.05, 0) is 57.2 Å². The molecule has 1 aromatic rings. The Morgan fingerprint density at radius 3 is 2.73 bits per heavy atom. The number of benzene rings is 1. The molecule has 5 nitrogen and oxygen atoms in total. The van der Waals surface area contributed by atoms with E-state index in [9.17, 15) is 4.79 Å². The molecule has 3 rings (SSSR count). The number of carbonyl (C=O) groups is 1. The molecule has 144 valence electrons. The van der Waals surface area contributed by atoms with E-state index in [4.69, 9.17) is 4.74 Å². The molecule has 2 amide bonds. The summed E-state index contributed by atoms with van der Waals surface area (Å²) in [5.74, 6) is 0.730. The van der Waals surface area contributed by atoms with E-state index >= 15 is 0 Å². The lowest BCUT2D eigenvalue weighted by molar-refractivity contribution is 0.0710. The highest BCUT2D eigenvalue weighted by Crippen LogP contribution is 2.21. The van der Waals surface area contributed by atoms with Crippen molar-refractivity contribution >= 4 is 6.03 Å². The van der Waals surface area contributed by atoms with Gasteiger partial charge in [0.1, 0.15) is 0 Å². The first-order valence-corrected chi connectivity index (χ1v) is 10.1. The van der Waals surface area contributed by atoms with Gasteiger partial charge < -0.3 is 15.0 Å². The summed E-state index contributed by atoms with van der Waals surface area (Å²) >= 11 is 0. The summed E-state index contributed by atoms with van der Waals surface area (Å²) in [6, 6.07) is 10.8. The summed E-state index contributed by atoms with van der Waals surface area (Å²) in [6.07, 6.45) is 4.62. The molecule has 0 aliphatic carbocycles. The SMILES string of the molecule is CC1CN(C(=O)NCCC2CCN(Cc3ccccc3)CC2)CCCO1. The average Bonchev–Trinajstić information content (AvgIpc) is 2.88. The molecule has 1 unspecified atom stereocenters. The lowest BCUT2D eigenvalue weighted by Crippen LogP contribution is -2.43. The number of urea groups is 1. The minimum Gasteiger partial charge on any atom is -0.377 e. The van der Waals surface area contributed by atoms with Crippen LogP contribution in [0.3, 0.4) is 0 Å². The molecule has 0 radical (unpaired) electrons. The van der Waals surface area contributed by atoms with Gasteiger partial charge in [0.15, 0.2) is 0 Å². The molecule has 2 aliphatic heterocycles. The van der Waals surface area contributed by atoms with Gasteiger partial charge >= 0.3 is 6.03 Å². The predicted molar refractivity (Wildman–Crippen MR) is 104 cm³/mol. The number of likely N-dealkylation sites (tertiary alicyclic amines) is 1. The van der Waals surface area contributed by atoms with Crippen molar-refractivity contribution in [3.63, 3.8) is 0 Å². The molecule has 0 aromatic heterocycles. The summed E-state index contributed by atoms with van der Waals surface area (Å²) in [7, 11) is 0. The van der Waals surface area contributed by atoms with E-state index < -0.39 is 0 Å². The Morgan fingerprint density at radius 2 is 1.96 bits per heavy atom. The third-order valence-corrected chi connectivity index (χ3v) is 5.52. The lowest BCUT2D eigenvalue weighted by atomic mass is 9.93. The molecule has 1 atom stereocenters. The third-order valence-electron chi connectivity index (χ3n) is 5.52. The first-order valence-electron chi connectivity index (χ1n) is 10.1. The van der Waals surface area contributed by atoms with Crippen LogP contribution in [-0.4, -0.2) is 61.3 Å². The van der Waals surface area contributed by atoms with E-state index in [2.05, 4.69) is 40.5 Å². The Bertz CT molecular complexity index is 543. The molecule has 26 heavy (non-hydrogen) atoms. The van der Waals surface area contributed by atoms with Crippen molar-refractivity contribution in [3.05, 3.63) is 35.9 Å². The van der Waals surface area contributed by atoms with Gasteiger partial charge in [0.25, 0.3) is 0 Å². The molecule has 0 bridgehead atoms. The smallest absolute Gasteiger partial charge is 0.317 e. The van der Waals surface area contributed by atoms with Gasteiger partial charge in [0, 0.05) is 32.8 Å². The fraction of sp³-hybridized carbons (Fsp3) is 0.667. The highest BCUT2D eigenvalue weighted by molar-refractivity contribution is 5.74. The molecule has 1 N–H and O–H groups in total. The first-order chi connectivity index (χ1) is 12.7. The van der Waals surface area contributed by atoms with Crippen LogP contribution in [0.2, 0.25) is 0 Å². The Balaban J connectivity index is 1.32. The maximum Gasteiger partial charge on any atom is 0.317 e. The predicted octanol–water partition coefficient (Wildman–Crippen LogP) is 3.11. The molecule has 1 aromatic carbocycles. The van der Waals surface area contributed by atoms with Crippen molar-refractivity contribution in [1.29, 1.82) is 0 Å².